The van der Waals surface area contributed by atoms with Gasteiger partial charge in [-0.1, -0.05) is 41.4 Å². The van der Waals surface area contributed by atoms with Gasteiger partial charge in [-0.2, -0.15) is 5.10 Å². The summed E-state index contributed by atoms with van der Waals surface area (Å²) < 4.78 is 1.81. The van der Waals surface area contributed by atoms with Crippen LogP contribution in [-0.4, -0.2) is 15.7 Å². The normalized spacial score (nSPS) is 10.8. The molecule has 0 atom stereocenters. The van der Waals surface area contributed by atoms with Gasteiger partial charge in [-0.15, -0.1) is 0 Å². The van der Waals surface area contributed by atoms with Crippen molar-refractivity contribution in [3.63, 3.8) is 0 Å². The number of carbonyl (C=O) groups is 1. The van der Waals surface area contributed by atoms with Crippen LogP contribution in [0.3, 0.4) is 0 Å². The Hall–Kier alpha value is -2.30. The fraction of sp³-hybridized carbons (Fsp3) is 0.200. The average Bonchev–Trinajstić information content (AvgIpc) is 2.86. The number of amides is 1. The van der Waals surface area contributed by atoms with Crippen LogP contribution in [0.2, 0.25) is 10.0 Å². The van der Waals surface area contributed by atoms with Crippen molar-refractivity contribution < 1.29 is 4.79 Å². The molecule has 0 aliphatic carbocycles. The van der Waals surface area contributed by atoms with E-state index in [2.05, 4.69) is 10.4 Å². The van der Waals surface area contributed by atoms with Gasteiger partial charge >= 0.3 is 0 Å². The maximum absolute atomic E-state index is 12.8. The summed E-state index contributed by atoms with van der Waals surface area (Å²) in [6, 6.07) is 13.0. The van der Waals surface area contributed by atoms with Crippen LogP contribution >= 0.6 is 23.2 Å². The minimum atomic E-state index is -0.184. The zero-order valence-electron chi connectivity index (χ0n) is 14.8. The van der Waals surface area contributed by atoms with Crippen molar-refractivity contribution in [1.29, 1.82) is 0 Å². The molecular weight excluding hydrogens is 369 g/mol. The van der Waals surface area contributed by atoms with E-state index in [1.165, 1.54) is 0 Å². The summed E-state index contributed by atoms with van der Waals surface area (Å²) in [5, 5.41) is 8.79. The first-order chi connectivity index (χ1) is 12.4. The van der Waals surface area contributed by atoms with E-state index in [0.29, 0.717) is 27.8 Å². The Morgan fingerprint density at radius 2 is 1.85 bits per heavy atom. The number of hydrogen-bond acceptors (Lipinski definition) is 2. The molecule has 4 nitrogen and oxygen atoms in total. The summed E-state index contributed by atoms with van der Waals surface area (Å²) in [5.41, 5.74) is 4.65. The number of nitrogens with one attached hydrogen (secondary N) is 1. The van der Waals surface area contributed by atoms with Crippen LogP contribution in [0.25, 0.3) is 0 Å². The Labute approximate surface area is 162 Å². The van der Waals surface area contributed by atoms with E-state index in [-0.39, 0.29) is 5.91 Å². The lowest BCUT2D eigenvalue weighted by Crippen LogP contribution is -2.15. The molecule has 134 valence electrons. The Kier molecular flexibility index (Phi) is 5.35. The molecule has 0 unspecified atom stereocenters. The molecule has 2 aromatic carbocycles. The Balaban J connectivity index is 1.87. The number of rotatable bonds is 4. The van der Waals surface area contributed by atoms with Crippen LogP contribution in [-0.2, 0) is 6.54 Å². The number of anilines is 1. The summed E-state index contributed by atoms with van der Waals surface area (Å²) in [4.78, 5) is 12.8. The van der Waals surface area contributed by atoms with Gasteiger partial charge in [0.05, 0.1) is 17.8 Å². The molecule has 0 bridgehead atoms. The van der Waals surface area contributed by atoms with Gasteiger partial charge in [-0.05, 0) is 56.2 Å². The first kappa shape index (κ1) is 18.5. The maximum Gasteiger partial charge on any atom is 0.259 e. The van der Waals surface area contributed by atoms with E-state index in [4.69, 9.17) is 23.2 Å². The molecule has 0 aliphatic rings. The van der Waals surface area contributed by atoms with Gasteiger partial charge in [0.25, 0.3) is 5.91 Å². The molecular formula is C20H19Cl2N3O. The van der Waals surface area contributed by atoms with E-state index in [1.54, 1.807) is 16.8 Å². The third-order valence-electron chi connectivity index (χ3n) is 4.32. The third-order valence-corrected chi connectivity index (χ3v) is 4.93. The van der Waals surface area contributed by atoms with E-state index >= 15 is 0 Å². The number of carbonyl (C=O) groups excluding carboxylic acids is 1. The second-order valence-electron chi connectivity index (χ2n) is 6.21. The van der Waals surface area contributed by atoms with Crippen LogP contribution in [0, 0.1) is 20.8 Å². The smallest absolute Gasteiger partial charge is 0.259 e. The summed E-state index contributed by atoms with van der Waals surface area (Å²) in [6.45, 7) is 6.14. The molecule has 0 saturated carbocycles. The molecule has 1 heterocycles. The molecule has 3 rings (SSSR count). The van der Waals surface area contributed by atoms with Gasteiger partial charge in [0, 0.05) is 21.4 Å². The highest BCUT2D eigenvalue weighted by Crippen LogP contribution is 2.23. The second kappa shape index (κ2) is 7.52. The van der Waals surface area contributed by atoms with Crippen molar-refractivity contribution in [2.24, 2.45) is 0 Å². The van der Waals surface area contributed by atoms with Gasteiger partial charge < -0.3 is 5.32 Å². The molecule has 6 heteroatoms. The van der Waals surface area contributed by atoms with Crippen molar-refractivity contribution in [1.82, 2.24) is 9.78 Å². The Morgan fingerprint density at radius 1 is 1.12 bits per heavy atom. The topological polar surface area (TPSA) is 46.9 Å². The van der Waals surface area contributed by atoms with Crippen LogP contribution < -0.4 is 5.32 Å². The first-order valence-corrected chi connectivity index (χ1v) is 8.97. The monoisotopic (exact) mass is 387 g/mol. The minimum absolute atomic E-state index is 0.184. The molecule has 0 radical (unpaired) electrons. The molecule has 0 spiro atoms. The highest BCUT2D eigenvalue weighted by Gasteiger charge is 2.19. The quantitative estimate of drug-likeness (QED) is 0.649. The Bertz CT molecular complexity index is 979. The number of aromatic nitrogens is 2. The number of benzene rings is 2. The Morgan fingerprint density at radius 3 is 2.54 bits per heavy atom. The van der Waals surface area contributed by atoms with Crippen LogP contribution in [0.4, 0.5) is 5.69 Å². The average molecular weight is 388 g/mol. The van der Waals surface area contributed by atoms with Crippen molar-refractivity contribution in [3.05, 3.63) is 80.6 Å². The molecule has 1 aromatic heterocycles. The molecule has 1 N–H and O–H groups in total. The van der Waals surface area contributed by atoms with E-state index in [1.807, 2.05) is 51.1 Å². The van der Waals surface area contributed by atoms with Crippen molar-refractivity contribution in [2.45, 2.75) is 27.3 Å². The fourth-order valence-electron chi connectivity index (χ4n) is 2.92. The summed E-state index contributed by atoms with van der Waals surface area (Å²) >= 11 is 12.2. The van der Waals surface area contributed by atoms with Gasteiger partial charge in [0.15, 0.2) is 0 Å². The van der Waals surface area contributed by atoms with Crippen molar-refractivity contribution >= 4 is 34.8 Å². The highest BCUT2D eigenvalue weighted by atomic mass is 35.5. The van der Waals surface area contributed by atoms with Gasteiger partial charge in [0.1, 0.15) is 0 Å². The molecule has 3 aromatic rings. The number of aryl methyl sites for hydroxylation is 2. The van der Waals surface area contributed by atoms with Crippen LogP contribution in [0.1, 0.15) is 32.9 Å². The lowest BCUT2D eigenvalue weighted by Gasteiger charge is -2.10. The zero-order valence-corrected chi connectivity index (χ0v) is 16.3. The predicted octanol–water partition coefficient (Wildman–Crippen LogP) is 5.42. The van der Waals surface area contributed by atoms with E-state index in [0.717, 1.165) is 22.5 Å². The van der Waals surface area contributed by atoms with E-state index in [9.17, 15) is 4.79 Å². The lowest BCUT2D eigenvalue weighted by molar-refractivity contribution is 0.102. The SMILES string of the molecule is Cc1cc(Cl)ccc1NC(=O)c1c(C)nn(Cc2ccccc2Cl)c1C. The molecule has 0 aliphatic heterocycles. The molecule has 0 fully saturated rings. The molecule has 0 saturated heterocycles. The van der Waals surface area contributed by atoms with Crippen molar-refractivity contribution in [3.8, 4) is 0 Å². The van der Waals surface area contributed by atoms with Gasteiger partial charge in [-0.3, -0.25) is 9.48 Å². The summed E-state index contributed by atoms with van der Waals surface area (Å²) in [6.07, 6.45) is 0. The largest absolute Gasteiger partial charge is 0.322 e. The first-order valence-electron chi connectivity index (χ1n) is 8.21. The molecule has 1 amide bonds. The van der Waals surface area contributed by atoms with Gasteiger partial charge in [0.2, 0.25) is 0 Å². The third kappa shape index (κ3) is 3.76. The number of hydrogen-bond donors (Lipinski definition) is 1. The number of halogens is 2. The standard InChI is InChI=1S/C20H19Cl2N3O/c1-12-10-16(21)8-9-18(12)23-20(26)19-13(2)24-25(14(19)3)11-15-6-4-5-7-17(15)22/h4-10H,11H2,1-3H3,(H,23,26). The summed E-state index contributed by atoms with van der Waals surface area (Å²) in [7, 11) is 0. The van der Waals surface area contributed by atoms with E-state index < -0.39 is 0 Å². The van der Waals surface area contributed by atoms with Crippen LogP contribution in [0.15, 0.2) is 42.5 Å². The predicted molar refractivity (Wildman–Crippen MR) is 106 cm³/mol. The number of nitrogens with zero attached hydrogens (tertiary/aromatic N) is 2. The molecule has 26 heavy (non-hydrogen) atoms. The lowest BCUT2D eigenvalue weighted by atomic mass is 10.1. The fourth-order valence-corrected chi connectivity index (χ4v) is 3.34. The summed E-state index contributed by atoms with van der Waals surface area (Å²) in [5.74, 6) is -0.184. The highest BCUT2D eigenvalue weighted by molar-refractivity contribution is 6.31. The zero-order chi connectivity index (χ0) is 18.8. The maximum atomic E-state index is 12.8. The van der Waals surface area contributed by atoms with Gasteiger partial charge in [-0.25, -0.2) is 0 Å². The second-order valence-corrected chi connectivity index (χ2v) is 7.05. The van der Waals surface area contributed by atoms with Crippen molar-refractivity contribution in [2.75, 3.05) is 5.32 Å². The minimum Gasteiger partial charge on any atom is -0.322 e. The van der Waals surface area contributed by atoms with Crippen LogP contribution in [0.5, 0.6) is 0 Å².